The van der Waals surface area contributed by atoms with Crippen LogP contribution in [0.3, 0.4) is 0 Å². The Morgan fingerprint density at radius 2 is 2.00 bits per heavy atom. The molecule has 110 valence electrons. The molecule has 0 spiro atoms. The molecular weight excluding hydrogens is 271 g/mol. The molecule has 3 nitrogen and oxygen atoms in total. The molecule has 1 aromatic rings. The molecule has 1 aliphatic heterocycles. The van der Waals surface area contributed by atoms with Gasteiger partial charge in [0.2, 0.25) is 0 Å². The maximum Gasteiger partial charge on any atom is 0.417 e. The second kappa shape index (κ2) is 4.68. The first-order valence-electron chi connectivity index (χ1n) is 6.30. The number of alkyl halides is 3. The SMILES string of the molecule is CC1(C)CCN(c2ccc(C(=O)O)c(C(F)(F)F)c2)C1. The summed E-state index contributed by atoms with van der Waals surface area (Å²) >= 11 is 0. The van der Waals surface area contributed by atoms with Gasteiger partial charge in [0, 0.05) is 18.8 Å². The van der Waals surface area contributed by atoms with Crippen LogP contribution in [0.1, 0.15) is 36.2 Å². The molecule has 1 fully saturated rings. The predicted octanol–water partition coefficient (Wildman–Crippen LogP) is 3.64. The lowest BCUT2D eigenvalue weighted by Gasteiger charge is -2.23. The van der Waals surface area contributed by atoms with Crippen molar-refractivity contribution in [2.45, 2.75) is 26.4 Å². The van der Waals surface area contributed by atoms with Gasteiger partial charge in [-0.15, -0.1) is 0 Å². The van der Waals surface area contributed by atoms with Gasteiger partial charge in [-0.25, -0.2) is 4.79 Å². The number of rotatable bonds is 2. The summed E-state index contributed by atoms with van der Waals surface area (Å²) in [4.78, 5) is 12.8. The molecule has 0 saturated carbocycles. The highest BCUT2D eigenvalue weighted by Gasteiger charge is 2.37. The molecule has 20 heavy (non-hydrogen) atoms. The monoisotopic (exact) mass is 287 g/mol. The van der Waals surface area contributed by atoms with E-state index in [2.05, 4.69) is 13.8 Å². The topological polar surface area (TPSA) is 40.5 Å². The number of carboxylic acid groups (broad SMARTS) is 1. The van der Waals surface area contributed by atoms with Crippen LogP contribution in [0.5, 0.6) is 0 Å². The molecule has 1 heterocycles. The van der Waals surface area contributed by atoms with Crippen molar-refractivity contribution in [2.24, 2.45) is 5.41 Å². The summed E-state index contributed by atoms with van der Waals surface area (Å²) in [5.74, 6) is -1.56. The summed E-state index contributed by atoms with van der Waals surface area (Å²) in [6.45, 7) is 5.46. The Morgan fingerprint density at radius 3 is 2.45 bits per heavy atom. The zero-order chi connectivity index (χ0) is 15.1. The first-order chi connectivity index (χ1) is 9.10. The summed E-state index contributed by atoms with van der Waals surface area (Å²) in [6.07, 6.45) is -3.77. The quantitative estimate of drug-likeness (QED) is 0.902. The number of aromatic carboxylic acids is 1. The van der Waals surface area contributed by atoms with E-state index in [1.807, 2.05) is 4.90 Å². The van der Waals surface area contributed by atoms with Gasteiger partial charge < -0.3 is 10.0 Å². The Balaban J connectivity index is 2.41. The number of anilines is 1. The summed E-state index contributed by atoms with van der Waals surface area (Å²) in [7, 11) is 0. The van der Waals surface area contributed by atoms with Crippen molar-refractivity contribution in [1.29, 1.82) is 0 Å². The lowest BCUT2D eigenvalue weighted by atomic mass is 9.93. The summed E-state index contributed by atoms with van der Waals surface area (Å²) in [6, 6.07) is 3.41. The van der Waals surface area contributed by atoms with Crippen molar-refractivity contribution >= 4 is 11.7 Å². The standard InChI is InChI=1S/C14H16F3NO2/c1-13(2)5-6-18(8-13)9-3-4-10(12(19)20)11(7-9)14(15,16)17/h3-4,7H,5-6,8H2,1-2H3,(H,19,20). The number of hydrogen-bond acceptors (Lipinski definition) is 2. The highest BCUT2D eigenvalue weighted by atomic mass is 19.4. The smallest absolute Gasteiger partial charge is 0.417 e. The zero-order valence-electron chi connectivity index (χ0n) is 11.3. The molecule has 6 heteroatoms. The molecule has 1 N–H and O–H groups in total. The van der Waals surface area contributed by atoms with E-state index >= 15 is 0 Å². The van der Waals surface area contributed by atoms with E-state index in [-0.39, 0.29) is 5.41 Å². The molecule has 1 aliphatic rings. The largest absolute Gasteiger partial charge is 0.478 e. The van der Waals surface area contributed by atoms with Crippen molar-refractivity contribution in [1.82, 2.24) is 0 Å². The average Bonchev–Trinajstić information content (AvgIpc) is 2.67. The lowest BCUT2D eigenvalue weighted by molar-refractivity contribution is -0.138. The molecule has 0 aromatic heterocycles. The minimum Gasteiger partial charge on any atom is -0.478 e. The maximum atomic E-state index is 12.9. The summed E-state index contributed by atoms with van der Waals surface area (Å²) < 4.78 is 38.8. The highest BCUT2D eigenvalue weighted by molar-refractivity contribution is 5.90. The van der Waals surface area contributed by atoms with Crippen LogP contribution < -0.4 is 4.90 Å². The van der Waals surface area contributed by atoms with Crippen LogP contribution in [-0.4, -0.2) is 24.2 Å². The molecule has 0 aliphatic carbocycles. The first kappa shape index (κ1) is 14.7. The van der Waals surface area contributed by atoms with Gasteiger partial charge in [-0.3, -0.25) is 0 Å². The molecular formula is C14H16F3NO2. The van der Waals surface area contributed by atoms with E-state index in [9.17, 15) is 18.0 Å². The van der Waals surface area contributed by atoms with Gasteiger partial charge in [0.1, 0.15) is 0 Å². The fourth-order valence-corrected chi connectivity index (χ4v) is 2.48. The first-order valence-corrected chi connectivity index (χ1v) is 6.30. The third-order valence-electron chi connectivity index (χ3n) is 3.58. The van der Waals surface area contributed by atoms with E-state index in [0.717, 1.165) is 18.6 Å². The number of carboxylic acids is 1. The number of nitrogens with zero attached hydrogens (tertiary/aromatic N) is 1. The third-order valence-corrected chi connectivity index (χ3v) is 3.58. The number of carbonyl (C=O) groups is 1. The van der Waals surface area contributed by atoms with Crippen LogP contribution in [0.15, 0.2) is 18.2 Å². The van der Waals surface area contributed by atoms with E-state index in [1.165, 1.54) is 6.07 Å². The fraction of sp³-hybridized carbons (Fsp3) is 0.500. The van der Waals surface area contributed by atoms with Gasteiger partial charge in [-0.1, -0.05) is 13.8 Å². The second-order valence-corrected chi connectivity index (χ2v) is 5.87. The Labute approximate surface area is 115 Å². The van der Waals surface area contributed by atoms with Crippen molar-refractivity contribution in [3.8, 4) is 0 Å². The van der Waals surface area contributed by atoms with Crippen LogP contribution in [0, 0.1) is 5.41 Å². The molecule has 1 aromatic carbocycles. The van der Waals surface area contributed by atoms with Crippen LogP contribution in [0.4, 0.5) is 18.9 Å². The van der Waals surface area contributed by atoms with Crippen molar-refractivity contribution in [3.05, 3.63) is 29.3 Å². The number of hydrogen-bond donors (Lipinski definition) is 1. The van der Waals surface area contributed by atoms with Gasteiger partial charge in [-0.2, -0.15) is 13.2 Å². The van der Waals surface area contributed by atoms with Crippen LogP contribution in [-0.2, 0) is 6.18 Å². The fourth-order valence-electron chi connectivity index (χ4n) is 2.48. The zero-order valence-corrected chi connectivity index (χ0v) is 11.3. The molecule has 0 atom stereocenters. The highest BCUT2D eigenvalue weighted by Crippen LogP contribution is 2.37. The summed E-state index contributed by atoms with van der Waals surface area (Å²) in [5, 5.41) is 8.85. The lowest BCUT2D eigenvalue weighted by Crippen LogP contribution is -2.23. The Morgan fingerprint density at radius 1 is 1.35 bits per heavy atom. The van der Waals surface area contributed by atoms with E-state index in [1.54, 1.807) is 0 Å². The van der Waals surface area contributed by atoms with Gasteiger partial charge in [0.25, 0.3) is 0 Å². The molecule has 0 amide bonds. The Bertz CT molecular complexity index is 538. The molecule has 2 rings (SSSR count). The van der Waals surface area contributed by atoms with Crippen molar-refractivity contribution in [3.63, 3.8) is 0 Å². The molecule has 0 bridgehead atoms. The van der Waals surface area contributed by atoms with Gasteiger partial charge in [0.05, 0.1) is 11.1 Å². The van der Waals surface area contributed by atoms with E-state index in [4.69, 9.17) is 5.11 Å². The van der Waals surface area contributed by atoms with Gasteiger partial charge in [0.15, 0.2) is 0 Å². The van der Waals surface area contributed by atoms with Crippen LogP contribution >= 0.6 is 0 Å². The van der Waals surface area contributed by atoms with E-state index in [0.29, 0.717) is 18.8 Å². The second-order valence-electron chi connectivity index (χ2n) is 5.87. The third kappa shape index (κ3) is 2.89. The van der Waals surface area contributed by atoms with E-state index < -0.39 is 23.3 Å². The van der Waals surface area contributed by atoms with Gasteiger partial charge in [-0.05, 0) is 30.0 Å². The normalized spacial score (nSPS) is 18.4. The molecule has 0 radical (unpaired) electrons. The number of halogens is 3. The van der Waals surface area contributed by atoms with Crippen LogP contribution in [0.25, 0.3) is 0 Å². The predicted molar refractivity (Wildman–Crippen MR) is 69.0 cm³/mol. The van der Waals surface area contributed by atoms with Crippen molar-refractivity contribution in [2.75, 3.05) is 18.0 Å². The maximum absolute atomic E-state index is 12.9. The minimum atomic E-state index is -4.67. The Hall–Kier alpha value is -1.72. The van der Waals surface area contributed by atoms with Gasteiger partial charge >= 0.3 is 12.1 Å². The van der Waals surface area contributed by atoms with Crippen molar-refractivity contribution < 1.29 is 23.1 Å². The van der Waals surface area contributed by atoms with Crippen LogP contribution in [0.2, 0.25) is 0 Å². The Kier molecular flexibility index (Phi) is 3.44. The average molecular weight is 287 g/mol. The minimum absolute atomic E-state index is 0.0594. The summed E-state index contributed by atoms with van der Waals surface area (Å²) in [5.41, 5.74) is -1.32. The molecule has 1 saturated heterocycles. The number of benzene rings is 1. The molecule has 0 unspecified atom stereocenters.